The van der Waals surface area contributed by atoms with E-state index in [2.05, 4.69) is 0 Å². The molecule has 118 valence electrons. The third-order valence-corrected chi connectivity index (χ3v) is 2.43. The topological polar surface area (TPSA) is 152 Å². The summed E-state index contributed by atoms with van der Waals surface area (Å²) in [5.41, 5.74) is 0. The Morgan fingerprint density at radius 3 is 1.20 bits per heavy atom. The number of aliphatic carboxylic acids is 3. The van der Waals surface area contributed by atoms with Crippen LogP contribution in [-0.2, 0) is 14.4 Å². The van der Waals surface area contributed by atoms with Crippen LogP contribution in [0, 0.1) is 5.92 Å². The number of hydrogen-bond donors (Lipinski definition) is 5. The molecule has 0 aliphatic carbocycles. The second-order valence-corrected chi connectivity index (χ2v) is 4.18. The van der Waals surface area contributed by atoms with Crippen molar-refractivity contribution in [2.45, 2.75) is 51.7 Å². The molecule has 0 aromatic heterocycles. The Labute approximate surface area is 116 Å². The van der Waals surface area contributed by atoms with E-state index in [0.29, 0.717) is 0 Å². The maximum absolute atomic E-state index is 10.5. The molecule has 2 unspecified atom stereocenters. The van der Waals surface area contributed by atoms with Gasteiger partial charge in [0, 0.05) is 0 Å². The van der Waals surface area contributed by atoms with Crippen molar-refractivity contribution in [2.75, 3.05) is 0 Å². The van der Waals surface area contributed by atoms with Crippen molar-refractivity contribution in [3.63, 3.8) is 0 Å². The highest BCUT2D eigenvalue weighted by molar-refractivity contribution is 5.83. The largest absolute Gasteiger partial charge is 0.481 e. The van der Waals surface area contributed by atoms with E-state index in [1.54, 1.807) is 0 Å². The zero-order valence-corrected chi connectivity index (χ0v) is 11.5. The van der Waals surface area contributed by atoms with Crippen LogP contribution in [0.1, 0.15) is 39.5 Å². The minimum absolute atomic E-state index is 0.102. The summed E-state index contributed by atoms with van der Waals surface area (Å²) in [7, 11) is 0. The van der Waals surface area contributed by atoms with E-state index < -0.39 is 30.1 Å². The molecule has 0 spiro atoms. The van der Waals surface area contributed by atoms with Crippen LogP contribution in [0.15, 0.2) is 0 Å². The Morgan fingerprint density at radius 2 is 1.05 bits per heavy atom. The molecule has 0 radical (unpaired) electrons. The van der Waals surface area contributed by atoms with Crippen LogP contribution in [0.3, 0.4) is 0 Å². The highest BCUT2D eigenvalue weighted by Gasteiger charge is 2.29. The maximum atomic E-state index is 10.5. The van der Waals surface area contributed by atoms with Crippen LogP contribution in [-0.4, -0.2) is 55.6 Å². The van der Waals surface area contributed by atoms with Gasteiger partial charge in [-0.05, 0) is 12.8 Å². The minimum Gasteiger partial charge on any atom is -0.481 e. The fraction of sp³-hybridized carbons (Fsp3) is 0.750. The van der Waals surface area contributed by atoms with Crippen LogP contribution in [0.2, 0.25) is 0 Å². The van der Waals surface area contributed by atoms with Crippen molar-refractivity contribution in [1.29, 1.82) is 0 Å². The lowest BCUT2D eigenvalue weighted by molar-refractivity contribution is -0.165. The monoisotopic (exact) mass is 294 g/mol. The molecule has 0 fully saturated rings. The van der Waals surface area contributed by atoms with Gasteiger partial charge in [-0.3, -0.25) is 4.79 Å². The first-order valence-electron chi connectivity index (χ1n) is 6.23. The average molecular weight is 294 g/mol. The van der Waals surface area contributed by atoms with Gasteiger partial charge < -0.3 is 25.5 Å². The summed E-state index contributed by atoms with van der Waals surface area (Å²) >= 11 is 0. The summed E-state index contributed by atoms with van der Waals surface area (Å²) in [5, 5.41) is 41.2. The Morgan fingerprint density at radius 1 is 0.750 bits per heavy atom. The van der Waals surface area contributed by atoms with Gasteiger partial charge >= 0.3 is 17.9 Å². The van der Waals surface area contributed by atoms with Crippen molar-refractivity contribution in [3.8, 4) is 0 Å². The first-order chi connectivity index (χ1) is 9.18. The molecule has 0 amide bonds. The van der Waals surface area contributed by atoms with E-state index in [9.17, 15) is 14.4 Å². The van der Waals surface area contributed by atoms with Crippen molar-refractivity contribution in [2.24, 2.45) is 5.92 Å². The lowest BCUT2D eigenvalue weighted by Crippen LogP contribution is -2.39. The molecule has 8 heteroatoms. The predicted octanol–water partition coefficient (Wildman–Crippen LogP) is 0.165. The molecular weight excluding hydrogens is 272 g/mol. The van der Waals surface area contributed by atoms with E-state index in [1.165, 1.54) is 0 Å². The second kappa shape index (κ2) is 11.2. The van der Waals surface area contributed by atoms with Crippen molar-refractivity contribution in [1.82, 2.24) is 0 Å². The van der Waals surface area contributed by atoms with E-state index in [0.717, 1.165) is 25.7 Å². The Balaban J connectivity index is 0. The summed E-state index contributed by atoms with van der Waals surface area (Å²) in [4.78, 5) is 30.0. The quantitative estimate of drug-likeness (QED) is 0.424. The molecule has 0 saturated carbocycles. The van der Waals surface area contributed by atoms with Gasteiger partial charge in [-0.1, -0.05) is 26.7 Å². The van der Waals surface area contributed by atoms with Crippen LogP contribution in [0.25, 0.3) is 0 Å². The third kappa shape index (κ3) is 9.29. The molecule has 0 aliphatic heterocycles. The van der Waals surface area contributed by atoms with Gasteiger partial charge in [0.05, 0.1) is 5.92 Å². The van der Waals surface area contributed by atoms with E-state index >= 15 is 0 Å². The van der Waals surface area contributed by atoms with Gasteiger partial charge in [-0.2, -0.15) is 0 Å². The molecule has 0 heterocycles. The Kier molecular flexibility index (Phi) is 11.5. The summed E-state index contributed by atoms with van der Waals surface area (Å²) in [6.45, 7) is 4.04. The summed E-state index contributed by atoms with van der Waals surface area (Å²) in [6, 6.07) is 0. The fourth-order valence-corrected chi connectivity index (χ4v) is 1.36. The lowest BCUT2D eigenvalue weighted by Gasteiger charge is -2.07. The normalized spacial score (nSPS) is 13.1. The zero-order chi connectivity index (χ0) is 16.3. The number of carboxylic acid groups (broad SMARTS) is 3. The lowest BCUT2D eigenvalue weighted by atomic mass is 9.99. The molecule has 20 heavy (non-hydrogen) atoms. The zero-order valence-electron chi connectivity index (χ0n) is 11.5. The highest BCUT2D eigenvalue weighted by atomic mass is 16.4. The van der Waals surface area contributed by atoms with Crippen LogP contribution in [0.5, 0.6) is 0 Å². The summed E-state index contributed by atoms with van der Waals surface area (Å²) in [6.07, 6.45) is -0.949. The Bertz CT molecular complexity index is 291. The predicted molar refractivity (Wildman–Crippen MR) is 68.2 cm³/mol. The van der Waals surface area contributed by atoms with E-state index in [-0.39, 0.29) is 5.92 Å². The number of carbonyl (C=O) groups is 3. The average Bonchev–Trinajstić information content (AvgIpc) is 2.37. The maximum Gasteiger partial charge on any atom is 0.335 e. The molecule has 5 N–H and O–H groups in total. The number of rotatable bonds is 8. The summed E-state index contributed by atoms with van der Waals surface area (Å²) in [5.74, 6) is -4.27. The molecular formula is C12H22O8. The van der Waals surface area contributed by atoms with Gasteiger partial charge in [0.25, 0.3) is 0 Å². The van der Waals surface area contributed by atoms with Crippen LogP contribution < -0.4 is 0 Å². The molecule has 0 aromatic rings. The molecule has 0 bridgehead atoms. The summed E-state index contributed by atoms with van der Waals surface area (Å²) < 4.78 is 0. The second-order valence-electron chi connectivity index (χ2n) is 4.18. The van der Waals surface area contributed by atoms with Gasteiger partial charge in [0.2, 0.25) is 0 Å². The standard InChI is InChI=1S/C8H16O2.C4H6O6/c1-3-5-7(6-4-2)8(9)10;5-1(3(7)8)2(6)4(9)10/h7H,3-6H2,1-2H3,(H,9,10);1-2,5-6H,(H,7,8)(H,9,10). The van der Waals surface area contributed by atoms with Crippen molar-refractivity contribution >= 4 is 17.9 Å². The molecule has 0 aromatic carbocycles. The first-order valence-corrected chi connectivity index (χ1v) is 6.23. The van der Waals surface area contributed by atoms with Crippen LogP contribution >= 0.6 is 0 Å². The molecule has 0 saturated heterocycles. The van der Waals surface area contributed by atoms with Gasteiger partial charge in [0.15, 0.2) is 12.2 Å². The molecule has 0 rings (SSSR count). The fourth-order valence-electron chi connectivity index (χ4n) is 1.36. The smallest absolute Gasteiger partial charge is 0.335 e. The van der Waals surface area contributed by atoms with E-state index in [1.807, 2.05) is 13.8 Å². The minimum atomic E-state index is -2.27. The number of hydrogen-bond acceptors (Lipinski definition) is 5. The van der Waals surface area contributed by atoms with Crippen molar-refractivity contribution in [3.05, 3.63) is 0 Å². The third-order valence-electron chi connectivity index (χ3n) is 2.43. The van der Waals surface area contributed by atoms with Crippen LogP contribution in [0.4, 0.5) is 0 Å². The van der Waals surface area contributed by atoms with Gasteiger partial charge in [-0.25, -0.2) is 9.59 Å². The van der Waals surface area contributed by atoms with Gasteiger partial charge in [0.1, 0.15) is 0 Å². The number of aliphatic hydroxyl groups excluding tert-OH is 2. The highest BCUT2D eigenvalue weighted by Crippen LogP contribution is 2.12. The SMILES string of the molecule is CCCC(CCC)C(=O)O.O=C(O)C(O)C(O)C(=O)O. The number of carboxylic acids is 3. The van der Waals surface area contributed by atoms with Crippen molar-refractivity contribution < 1.29 is 39.9 Å². The number of aliphatic hydroxyl groups is 2. The molecule has 8 nitrogen and oxygen atoms in total. The molecule has 0 aliphatic rings. The molecule has 2 atom stereocenters. The van der Waals surface area contributed by atoms with E-state index in [4.69, 9.17) is 25.5 Å². The van der Waals surface area contributed by atoms with Gasteiger partial charge in [-0.15, -0.1) is 0 Å². The first kappa shape index (κ1) is 20.6. The Hall–Kier alpha value is -1.67.